The summed E-state index contributed by atoms with van der Waals surface area (Å²) in [7, 11) is 0. The van der Waals surface area contributed by atoms with Crippen molar-refractivity contribution in [1.82, 2.24) is 9.88 Å². The number of benzene rings is 3. The molecule has 3 heteroatoms. The number of rotatable bonds is 3. The van der Waals surface area contributed by atoms with Crippen molar-refractivity contribution >= 4 is 11.5 Å². The number of hydrogen-bond acceptors (Lipinski definition) is 2. The number of pyridine rings is 1. The van der Waals surface area contributed by atoms with Crippen LogP contribution in [0.4, 0.5) is 0 Å². The average Bonchev–Trinajstić information content (AvgIpc) is 3.11. The first-order valence-corrected chi connectivity index (χ1v) is 13.3. The first kappa shape index (κ1) is 23.4. The second-order valence-corrected chi connectivity index (χ2v) is 10.2. The van der Waals surface area contributed by atoms with Crippen LogP contribution in [0.1, 0.15) is 57.8 Å². The normalized spacial score (nSPS) is 15.2. The van der Waals surface area contributed by atoms with E-state index >= 15 is 0 Å². The van der Waals surface area contributed by atoms with Crippen molar-refractivity contribution in [2.45, 2.75) is 38.5 Å². The number of hydrogen-bond donors (Lipinski definition) is 0. The molecule has 0 bridgehead atoms. The molecule has 6 rings (SSSR count). The number of nitrogens with zero attached hydrogens (tertiary/aromatic N) is 2. The van der Waals surface area contributed by atoms with Gasteiger partial charge in [-0.3, -0.25) is 9.78 Å². The van der Waals surface area contributed by atoms with E-state index in [1.807, 2.05) is 42.6 Å². The Morgan fingerprint density at radius 3 is 2.08 bits per heavy atom. The highest BCUT2D eigenvalue weighted by Crippen LogP contribution is 2.38. The Morgan fingerprint density at radius 1 is 0.757 bits per heavy atom. The van der Waals surface area contributed by atoms with Gasteiger partial charge in [0, 0.05) is 24.9 Å². The predicted molar refractivity (Wildman–Crippen MR) is 149 cm³/mol. The van der Waals surface area contributed by atoms with Crippen molar-refractivity contribution in [3.63, 3.8) is 0 Å². The number of aryl methyl sites for hydroxylation is 3. The van der Waals surface area contributed by atoms with Crippen LogP contribution in [0.5, 0.6) is 0 Å². The Labute approximate surface area is 219 Å². The second-order valence-electron chi connectivity index (χ2n) is 10.2. The minimum atomic E-state index is -0.277. The highest BCUT2D eigenvalue weighted by molar-refractivity contribution is 5.88. The molecule has 3 nitrogen and oxygen atoms in total. The molecular weight excluding hydrogens is 452 g/mol. The van der Waals surface area contributed by atoms with E-state index in [0.717, 1.165) is 55.6 Å². The van der Waals surface area contributed by atoms with E-state index in [1.54, 1.807) is 0 Å². The van der Waals surface area contributed by atoms with E-state index in [2.05, 4.69) is 66.4 Å². The highest BCUT2D eigenvalue weighted by atomic mass is 16.2. The first-order valence-electron chi connectivity index (χ1n) is 13.3. The number of amides is 1. The first-order chi connectivity index (χ1) is 18.2. The molecule has 0 atom stereocenters. The number of fused-ring (bicyclic) bond motifs is 2. The fourth-order valence-electron chi connectivity index (χ4n) is 5.99. The molecule has 0 spiro atoms. The molecule has 0 radical (unpaired) electrons. The summed E-state index contributed by atoms with van der Waals surface area (Å²) in [6.45, 7) is 3.64. The second kappa shape index (κ2) is 10.2. The molecule has 1 fully saturated rings. The maximum atomic E-state index is 14.0. The quantitative estimate of drug-likeness (QED) is 0.322. The SMILES string of the molecule is Cc1ccc2c(c1)CCc1cccnc1C2=C1CCN(C(=O)C(c2ccccc2)c2ccccc2)CC1. The predicted octanol–water partition coefficient (Wildman–Crippen LogP) is 6.75. The van der Waals surface area contributed by atoms with Gasteiger partial charge in [0.2, 0.25) is 5.91 Å². The van der Waals surface area contributed by atoms with E-state index in [1.165, 1.54) is 33.4 Å². The minimum absolute atomic E-state index is 0.192. The van der Waals surface area contributed by atoms with E-state index in [0.29, 0.717) is 0 Å². The summed E-state index contributed by atoms with van der Waals surface area (Å²) < 4.78 is 0. The largest absolute Gasteiger partial charge is 0.341 e. The summed E-state index contributed by atoms with van der Waals surface area (Å²) in [4.78, 5) is 20.9. The average molecular weight is 485 g/mol. The maximum Gasteiger partial charge on any atom is 0.234 e. The summed E-state index contributed by atoms with van der Waals surface area (Å²) in [6, 6.07) is 31.5. The molecule has 1 saturated heterocycles. The lowest BCUT2D eigenvalue weighted by Gasteiger charge is -2.33. The zero-order valence-electron chi connectivity index (χ0n) is 21.4. The van der Waals surface area contributed by atoms with Crippen molar-refractivity contribution in [2.75, 3.05) is 13.1 Å². The van der Waals surface area contributed by atoms with Crippen LogP contribution in [-0.4, -0.2) is 28.9 Å². The van der Waals surface area contributed by atoms with Crippen LogP contribution in [0, 0.1) is 6.92 Å². The summed E-state index contributed by atoms with van der Waals surface area (Å²) in [5.41, 5.74) is 11.3. The molecule has 1 aromatic heterocycles. The van der Waals surface area contributed by atoms with Gasteiger partial charge in [-0.2, -0.15) is 0 Å². The highest BCUT2D eigenvalue weighted by Gasteiger charge is 2.31. The maximum absolute atomic E-state index is 14.0. The molecule has 1 aliphatic carbocycles. The van der Waals surface area contributed by atoms with Crippen LogP contribution in [0.25, 0.3) is 5.57 Å². The lowest BCUT2D eigenvalue weighted by atomic mass is 9.86. The molecule has 0 unspecified atom stereocenters. The van der Waals surface area contributed by atoms with Gasteiger partial charge < -0.3 is 4.90 Å². The molecule has 0 N–H and O–H groups in total. The van der Waals surface area contributed by atoms with Crippen LogP contribution in [0.2, 0.25) is 0 Å². The van der Waals surface area contributed by atoms with Gasteiger partial charge in [0.1, 0.15) is 0 Å². The van der Waals surface area contributed by atoms with Gasteiger partial charge in [-0.25, -0.2) is 0 Å². The van der Waals surface area contributed by atoms with Gasteiger partial charge in [-0.05, 0) is 66.5 Å². The Bertz CT molecular complexity index is 1410. The topological polar surface area (TPSA) is 33.2 Å². The molecule has 3 aromatic carbocycles. The van der Waals surface area contributed by atoms with Gasteiger partial charge in [0.25, 0.3) is 0 Å². The lowest BCUT2D eigenvalue weighted by molar-refractivity contribution is -0.132. The van der Waals surface area contributed by atoms with Crippen molar-refractivity contribution < 1.29 is 4.79 Å². The molecule has 2 heterocycles. The van der Waals surface area contributed by atoms with Crippen LogP contribution in [-0.2, 0) is 17.6 Å². The summed E-state index contributed by atoms with van der Waals surface area (Å²) >= 11 is 0. The standard InChI is InChI=1S/C34H32N2O/c1-24-14-17-30-29(23-24)16-15-28-13-8-20-35-33(28)32(30)27-18-21-36(22-19-27)34(37)31(25-9-4-2-5-10-25)26-11-6-3-7-12-26/h2-14,17,20,23,31H,15-16,18-19,21-22H2,1H3. The third kappa shape index (κ3) is 4.62. The number of carbonyl (C=O) groups is 1. The van der Waals surface area contributed by atoms with Gasteiger partial charge in [0.15, 0.2) is 0 Å². The molecule has 1 aliphatic heterocycles. The van der Waals surface area contributed by atoms with Gasteiger partial charge in [-0.15, -0.1) is 0 Å². The number of piperidine rings is 1. The summed E-state index contributed by atoms with van der Waals surface area (Å²) in [6.07, 6.45) is 5.72. The smallest absolute Gasteiger partial charge is 0.234 e. The van der Waals surface area contributed by atoms with Crippen LogP contribution in [0.3, 0.4) is 0 Å². The fraction of sp³-hybridized carbons (Fsp3) is 0.235. The van der Waals surface area contributed by atoms with Crippen LogP contribution < -0.4 is 0 Å². The lowest BCUT2D eigenvalue weighted by Crippen LogP contribution is -2.40. The summed E-state index contributed by atoms with van der Waals surface area (Å²) in [5, 5.41) is 0. The Morgan fingerprint density at radius 2 is 1.41 bits per heavy atom. The third-order valence-electron chi connectivity index (χ3n) is 7.87. The number of likely N-dealkylation sites (tertiary alicyclic amines) is 1. The monoisotopic (exact) mass is 484 g/mol. The van der Waals surface area contributed by atoms with E-state index < -0.39 is 0 Å². The summed E-state index contributed by atoms with van der Waals surface area (Å²) in [5.74, 6) is -0.0857. The van der Waals surface area contributed by atoms with Gasteiger partial charge >= 0.3 is 0 Å². The zero-order valence-corrected chi connectivity index (χ0v) is 21.4. The third-order valence-corrected chi connectivity index (χ3v) is 7.87. The van der Waals surface area contributed by atoms with Crippen molar-refractivity contribution in [2.24, 2.45) is 0 Å². The van der Waals surface area contributed by atoms with Crippen LogP contribution >= 0.6 is 0 Å². The number of aromatic nitrogens is 1. The van der Waals surface area contributed by atoms with E-state index in [4.69, 9.17) is 4.98 Å². The molecular formula is C34H32N2O. The minimum Gasteiger partial charge on any atom is -0.341 e. The Kier molecular flexibility index (Phi) is 6.44. The Hall–Kier alpha value is -3.98. The molecule has 37 heavy (non-hydrogen) atoms. The van der Waals surface area contributed by atoms with E-state index in [9.17, 15) is 4.79 Å². The molecule has 2 aliphatic rings. The Balaban J connectivity index is 1.33. The molecule has 0 saturated carbocycles. The van der Waals surface area contributed by atoms with Gasteiger partial charge in [0.05, 0.1) is 11.6 Å². The van der Waals surface area contributed by atoms with Crippen LogP contribution in [0.15, 0.2) is 103 Å². The van der Waals surface area contributed by atoms with Crippen molar-refractivity contribution in [3.05, 3.63) is 142 Å². The van der Waals surface area contributed by atoms with Gasteiger partial charge in [-0.1, -0.05) is 96.1 Å². The molecule has 184 valence electrons. The molecule has 1 amide bonds. The van der Waals surface area contributed by atoms with E-state index in [-0.39, 0.29) is 11.8 Å². The fourth-order valence-corrected chi connectivity index (χ4v) is 5.99. The number of carbonyl (C=O) groups excluding carboxylic acids is 1. The molecule has 4 aromatic rings. The zero-order chi connectivity index (χ0) is 25.2. The van der Waals surface area contributed by atoms with Crippen molar-refractivity contribution in [3.8, 4) is 0 Å². The van der Waals surface area contributed by atoms with Crippen molar-refractivity contribution in [1.29, 1.82) is 0 Å².